The van der Waals surface area contributed by atoms with Crippen LogP contribution >= 0.6 is 0 Å². The van der Waals surface area contributed by atoms with Crippen LogP contribution in [0.4, 0.5) is 0 Å². The maximum Gasteiger partial charge on any atom is 0 e. The van der Waals surface area contributed by atoms with E-state index in [1.54, 1.807) is 0 Å². The Kier molecular flexibility index (Phi) is 11.1. The normalized spacial score (nSPS) is 17.5. The summed E-state index contributed by atoms with van der Waals surface area (Å²) in [6, 6.07) is 0. The Morgan fingerprint density at radius 3 is 0.895 bits per heavy atom. The summed E-state index contributed by atoms with van der Waals surface area (Å²) >= 11 is 0. The molecule has 0 nitrogen and oxygen atoms in total. The van der Waals surface area contributed by atoms with E-state index >= 15 is 0 Å². The fraction of sp³-hybridized carbons (Fsp3) is 0.333. The van der Waals surface area contributed by atoms with Crippen LogP contribution in [0.2, 0.25) is 0 Å². The first-order valence-corrected chi connectivity index (χ1v) is 6.65. The van der Waals surface area contributed by atoms with Crippen molar-refractivity contribution < 1.29 is 32.7 Å². The maximum atomic E-state index is 2.16. The Balaban J connectivity index is 0.000000249. The molecular weight excluding hydrogens is 305 g/mol. The largest absolute Gasteiger partial charge is 0.0805 e. The molecule has 0 heterocycles. The predicted molar refractivity (Wildman–Crippen MR) is 82.5 cm³/mol. The molecule has 0 N–H and O–H groups in total. The molecule has 0 aromatic heterocycles. The summed E-state index contributed by atoms with van der Waals surface area (Å²) in [6.07, 6.45) is 22.7. The summed E-state index contributed by atoms with van der Waals surface area (Å²) in [5.41, 5.74) is 4.40. The van der Waals surface area contributed by atoms with Gasteiger partial charge in [-0.1, -0.05) is 71.4 Å². The minimum Gasteiger partial charge on any atom is -0.0805 e. The third-order valence-corrected chi connectivity index (χ3v) is 2.87. The summed E-state index contributed by atoms with van der Waals surface area (Å²) < 4.78 is 0. The topological polar surface area (TPSA) is 0 Å². The average molecular weight is 329 g/mol. The van der Waals surface area contributed by atoms with E-state index in [4.69, 9.17) is 0 Å². The van der Waals surface area contributed by atoms with Gasteiger partial charge in [0.05, 0.1) is 0 Å². The number of rotatable bonds is 0. The molecule has 0 aromatic rings. The fourth-order valence-corrected chi connectivity index (χ4v) is 1.66. The van der Waals surface area contributed by atoms with Gasteiger partial charge < -0.3 is 0 Å². The van der Waals surface area contributed by atoms with Gasteiger partial charge in [0, 0.05) is 32.7 Å². The van der Waals surface area contributed by atoms with E-state index in [0.717, 1.165) is 0 Å². The summed E-state index contributed by atoms with van der Waals surface area (Å²) in [5.74, 6) is 0. The molecule has 1 radical (unpaired) electrons. The number of allylic oxidation sites excluding steroid dienone is 12. The van der Waals surface area contributed by atoms with Gasteiger partial charge >= 0.3 is 0 Å². The van der Waals surface area contributed by atoms with Gasteiger partial charge in [0.15, 0.2) is 0 Å². The number of hydrogen-bond donors (Lipinski definition) is 0. The summed E-state index contributed by atoms with van der Waals surface area (Å²) in [6.45, 7) is 6.42. The second-order valence-electron chi connectivity index (χ2n) is 4.94. The van der Waals surface area contributed by atoms with Gasteiger partial charge in [0.1, 0.15) is 0 Å². The first-order valence-electron chi connectivity index (χ1n) is 6.65. The minimum absolute atomic E-state index is 0. The predicted octanol–water partition coefficient (Wildman–Crippen LogP) is 5.68. The Morgan fingerprint density at radius 1 is 0.579 bits per heavy atom. The second-order valence-corrected chi connectivity index (χ2v) is 4.94. The smallest absolute Gasteiger partial charge is 0 e. The molecular formula is C18H24Y. The van der Waals surface area contributed by atoms with E-state index in [1.165, 1.54) is 36.0 Å². The molecule has 0 amide bonds. The Bertz CT molecular complexity index is 362. The third kappa shape index (κ3) is 10.0. The standard InChI is InChI=1S/3C6H8.Y/c3*1-6-4-2-3-5-6;/h3*2-4H,5H2,1H3;. The van der Waals surface area contributed by atoms with Crippen LogP contribution in [-0.4, -0.2) is 0 Å². The molecule has 3 aliphatic rings. The van der Waals surface area contributed by atoms with Crippen LogP contribution in [0.1, 0.15) is 40.0 Å². The van der Waals surface area contributed by atoms with Crippen LogP contribution in [0.15, 0.2) is 71.4 Å². The zero-order chi connectivity index (χ0) is 13.2. The molecule has 1 heteroatoms. The molecule has 0 unspecified atom stereocenters. The Morgan fingerprint density at radius 2 is 0.842 bits per heavy atom. The molecule has 3 aliphatic carbocycles. The van der Waals surface area contributed by atoms with Gasteiger partial charge in [-0.15, -0.1) is 0 Å². The van der Waals surface area contributed by atoms with Crippen LogP contribution in [0, 0.1) is 0 Å². The molecule has 19 heavy (non-hydrogen) atoms. The van der Waals surface area contributed by atoms with E-state index in [2.05, 4.69) is 75.5 Å². The Labute approximate surface area is 143 Å². The van der Waals surface area contributed by atoms with E-state index < -0.39 is 0 Å². The van der Waals surface area contributed by atoms with Gasteiger partial charge in [0.25, 0.3) is 0 Å². The number of hydrogen-bond acceptors (Lipinski definition) is 0. The molecule has 0 saturated carbocycles. The quantitative estimate of drug-likeness (QED) is 0.537. The van der Waals surface area contributed by atoms with E-state index in [1.807, 2.05) is 0 Å². The third-order valence-electron chi connectivity index (χ3n) is 2.87. The molecule has 0 fully saturated rings. The van der Waals surface area contributed by atoms with Gasteiger partial charge in [-0.2, -0.15) is 0 Å². The van der Waals surface area contributed by atoms with Crippen molar-refractivity contribution in [3.63, 3.8) is 0 Å². The molecule has 0 aromatic carbocycles. The van der Waals surface area contributed by atoms with Gasteiger partial charge in [-0.3, -0.25) is 0 Å². The Hall–Kier alpha value is -0.456. The van der Waals surface area contributed by atoms with Crippen molar-refractivity contribution in [2.45, 2.75) is 40.0 Å². The van der Waals surface area contributed by atoms with E-state index in [9.17, 15) is 0 Å². The van der Waals surface area contributed by atoms with Crippen molar-refractivity contribution >= 4 is 0 Å². The molecule has 0 aliphatic heterocycles. The monoisotopic (exact) mass is 329 g/mol. The zero-order valence-corrected chi connectivity index (χ0v) is 15.2. The van der Waals surface area contributed by atoms with Crippen LogP contribution in [0.5, 0.6) is 0 Å². The van der Waals surface area contributed by atoms with Crippen LogP contribution in [0.25, 0.3) is 0 Å². The summed E-state index contributed by atoms with van der Waals surface area (Å²) in [5, 5.41) is 0. The fourth-order valence-electron chi connectivity index (χ4n) is 1.66. The SMILES string of the molecule is CC1=CC=CC1.CC1=CC=CC1.CC1=CC=CC1.[Y]. The summed E-state index contributed by atoms with van der Waals surface area (Å²) in [7, 11) is 0. The molecule has 0 bridgehead atoms. The van der Waals surface area contributed by atoms with Crippen LogP contribution < -0.4 is 0 Å². The maximum absolute atomic E-state index is 2.16. The first kappa shape index (κ1) is 18.5. The van der Waals surface area contributed by atoms with Gasteiger partial charge in [-0.05, 0) is 40.0 Å². The molecule has 0 saturated heterocycles. The van der Waals surface area contributed by atoms with Crippen molar-refractivity contribution in [2.24, 2.45) is 0 Å². The van der Waals surface area contributed by atoms with Crippen LogP contribution in [0.3, 0.4) is 0 Å². The molecule has 0 spiro atoms. The average Bonchev–Trinajstić information content (AvgIpc) is 3.05. The second kappa shape index (κ2) is 11.4. The molecule has 99 valence electrons. The first-order chi connectivity index (χ1) is 8.68. The van der Waals surface area contributed by atoms with Crippen molar-refractivity contribution in [1.29, 1.82) is 0 Å². The van der Waals surface area contributed by atoms with E-state index in [0.29, 0.717) is 0 Å². The van der Waals surface area contributed by atoms with Gasteiger partial charge in [0.2, 0.25) is 0 Å². The van der Waals surface area contributed by atoms with Crippen molar-refractivity contribution in [3.05, 3.63) is 71.4 Å². The van der Waals surface area contributed by atoms with Crippen LogP contribution in [-0.2, 0) is 32.7 Å². The molecule has 3 rings (SSSR count). The van der Waals surface area contributed by atoms with Crippen molar-refractivity contribution in [2.75, 3.05) is 0 Å². The van der Waals surface area contributed by atoms with E-state index in [-0.39, 0.29) is 32.7 Å². The van der Waals surface area contributed by atoms with Gasteiger partial charge in [-0.25, -0.2) is 0 Å². The molecule has 0 atom stereocenters. The summed E-state index contributed by atoms with van der Waals surface area (Å²) in [4.78, 5) is 0. The minimum atomic E-state index is 0. The van der Waals surface area contributed by atoms with Crippen molar-refractivity contribution in [3.8, 4) is 0 Å². The zero-order valence-electron chi connectivity index (χ0n) is 12.4. The van der Waals surface area contributed by atoms with Crippen molar-refractivity contribution in [1.82, 2.24) is 0 Å².